The number of hydrogen-bond donors (Lipinski definition) is 2. The van der Waals surface area contributed by atoms with Crippen molar-refractivity contribution in [2.75, 3.05) is 0 Å². The van der Waals surface area contributed by atoms with Crippen LogP contribution in [0.15, 0.2) is 46.6 Å². The van der Waals surface area contributed by atoms with Crippen LogP contribution in [0.3, 0.4) is 0 Å². The van der Waals surface area contributed by atoms with Crippen LogP contribution in [0.1, 0.15) is 23.0 Å². The van der Waals surface area contributed by atoms with Gasteiger partial charge < -0.3 is 10.7 Å². The van der Waals surface area contributed by atoms with Gasteiger partial charge in [0.05, 0.1) is 0 Å². The number of carbonyl (C=O) groups excluding carboxylic acids is 1. The van der Waals surface area contributed by atoms with E-state index in [9.17, 15) is 9.59 Å². The fraction of sp³-hybridized carbons (Fsp3) is 0.111. The van der Waals surface area contributed by atoms with Crippen molar-refractivity contribution in [2.24, 2.45) is 5.73 Å². The summed E-state index contributed by atoms with van der Waals surface area (Å²) in [6.07, 6.45) is 0.919. The average molecular weight is 365 g/mol. The number of imidazole rings is 1. The van der Waals surface area contributed by atoms with Crippen LogP contribution in [0.4, 0.5) is 0 Å². The minimum Gasteiger partial charge on any atom is -0.364 e. The Morgan fingerprint density at radius 2 is 2.00 bits per heavy atom. The molecule has 1 amide bonds. The molecule has 0 aliphatic carbocycles. The predicted octanol–water partition coefficient (Wildman–Crippen LogP) is 2.50. The van der Waals surface area contributed by atoms with E-state index in [-0.39, 0.29) is 11.2 Å². The third-order valence-corrected chi connectivity index (χ3v) is 4.97. The quantitative estimate of drug-likeness (QED) is 0.579. The van der Waals surface area contributed by atoms with Gasteiger partial charge in [0.2, 0.25) is 0 Å². The fourth-order valence-corrected chi connectivity index (χ4v) is 3.51. The van der Waals surface area contributed by atoms with Crippen molar-refractivity contribution in [3.05, 3.63) is 63.5 Å². The van der Waals surface area contributed by atoms with Crippen LogP contribution in [0.2, 0.25) is 0 Å². The number of hydrogen-bond acceptors (Lipinski definition) is 5. The van der Waals surface area contributed by atoms with Crippen molar-refractivity contribution >= 4 is 28.4 Å². The molecule has 0 aliphatic rings. The molecule has 0 bridgehead atoms. The molecule has 0 spiro atoms. The van der Waals surface area contributed by atoms with Crippen molar-refractivity contribution in [3.8, 4) is 16.4 Å². The molecule has 0 saturated heterocycles. The molecule has 4 aromatic rings. The van der Waals surface area contributed by atoms with Gasteiger partial charge in [-0.05, 0) is 29.5 Å². The van der Waals surface area contributed by atoms with Gasteiger partial charge in [-0.1, -0.05) is 31.2 Å². The minimum absolute atomic E-state index is 0.00280. The number of amides is 1. The number of benzene rings is 1. The van der Waals surface area contributed by atoms with Crippen molar-refractivity contribution in [1.82, 2.24) is 19.5 Å². The van der Waals surface area contributed by atoms with E-state index < -0.39 is 11.6 Å². The number of nitrogens with two attached hydrogens (primary N) is 1. The van der Waals surface area contributed by atoms with Crippen molar-refractivity contribution in [2.45, 2.75) is 13.3 Å². The van der Waals surface area contributed by atoms with E-state index in [0.717, 1.165) is 12.0 Å². The number of H-pyrrole nitrogens is 1. The molecule has 0 fully saturated rings. The summed E-state index contributed by atoms with van der Waals surface area (Å²) in [7, 11) is 0. The first-order valence-electron chi connectivity index (χ1n) is 8.04. The largest absolute Gasteiger partial charge is 0.364 e. The maximum Gasteiger partial charge on any atom is 0.333 e. The normalized spacial score (nSPS) is 11.1. The highest BCUT2D eigenvalue weighted by atomic mass is 32.1. The molecule has 0 saturated carbocycles. The van der Waals surface area contributed by atoms with E-state index in [2.05, 4.69) is 21.9 Å². The van der Waals surface area contributed by atoms with E-state index in [4.69, 9.17) is 5.73 Å². The summed E-state index contributed by atoms with van der Waals surface area (Å²) in [5, 5.41) is 2.56. The lowest BCUT2D eigenvalue weighted by Crippen LogP contribution is -2.15. The number of aromatic nitrogens is 4. The summed E-state index contributed by atoms with van der Waals surface area (Å²) in [6.45, 7) is 2.07. The van der Waals surface area contributed by atoms with Crippen LogP contribution < -0.4 is 11.4 Å². The lowest BCUT2D eigenvalue weighted by Gasteiger charge is -2.06. The highest BCUT2D eigenvalue weighted by Crippen LogP contribution is 2.23. The standard InChI is InChI=1S/C18H15N5O2S/c1-2-10-5-7-11(8-6-10)16-20-13(15(19)24)14-17(22-16)23(18(25)21-14)12-4-3-9-26-12/h3-9H,2H2,1H3,(H2,19,24)(H,21,25). The number of nitrogens with one attached hydrogen (secondary N) is 1. The molecule has 0 unspecified atom stereocenters. The molecular weight excluding hydrogens is 350 g/mol. The number of aryl methyl sites for hydroxylation is 1. The van der Waals surface area contributed by atoms with Gasteiger partial charge in [-0.2, -0.15) is 0 Å². The second-order valence-corrected chi connectivity index (χ2v) is 6.65. The molecule has 0 aliphatic heterocycles. The summed E-state index contributed by atoms with van der Waals surface area (Å²) >= 11 is 1.40. The van der Waals surface area contributed by atoms with Crippen LogP contribution in [0.25, 0.3) is 27.6 Å². The third kappa shape index (κ3) is 2.60. The Hall–Kier alpha value is -3.26. The number of primary amides is 1. The van der Waals surface area contributed by atoms with Crippen LogP contribution in [0.5, 0.6) is 0 Å². The molecule has 130 valence electrons. The Bertz CT molecular complexity index is 1160. The molecule has 1 aromatic carbocycles. The highest BCUT2D eigenvalue weighted by molar-refractivity contribution is 7.12. The van der Waals surface area contributed by atoms with E-state index in [0.29, 0.717) is 16.5 Å². The van der Waals surface area contributed by atoms with Gasteiger partial charge in [-0.3, -0.25) is 4.79 Å². The van der Waals surface area contributed by atoms with Crippen LogP contribution in [-0.4, -0.2) is 25.4 Å². The molecule has 4 rings (SSSR count). The van der Waals surface area contributed by atoms with Gasteiger partial charge in [0.15, 0.2) is 17.2 Å². The summed E-state index contributed by atoms with van der Waals surface area (Å²) in [4.78, 5) is 35.8. The summed E-state index contributed by atoms with van der Waals surface area (Å²) in [6, 6.07) is 11.4. The smallest absolute Gasteiger partial charge is 0.333 e. The Labute approximate surface area is 152 Å². The van der Waals surface area contributed by atoms with Gasteiger partial charge in [0.25, 0.3) is 5.91 Å². The summed E-state index contributed by atoms with van der Waals surface area (Å²) in [5.41, 5.74) is 7.60. The van der Waals surface area contributed by atoms with Gasteiger partial charge >= 0.3 is 5.69 Å². The predicted molar refractivity (Wildman–Crippen MR) is 101 cm³/mol. The monoisotopic (exact) mass is 365 g/mol. The lowest BCUT2D eigenvalue weighted by atomic mass is 10.1. The van der Waals surface area contributed by atoms with E-state index in [1.54, 1.807) is 6.07 Å². The van der Waals surface area contributed by atoms with Crippen LogP contribution in [-0.2, 0) is 6.42 Å². The second-order valence-electron chi connectivity index (χ2n) is 5.73. The molecule has 8 heteroatoms. The SMILES string of the molecule is CCc1ccc(-c2nc(C(N)=O)c3[nH]c(=O)n(-c4cccs4)c3n2)cc1. The fourth-order valence-electron chi connectivity index (χ4n) is 2.78. The van der Waals surface area contributed by atoms with Crippen LogP contribution in [0, 0.1) is 0 Å². The zero-order valence-corrected chi connectivity index (χ0v) is 14.7. The maximum atomic E-state index is 12.4. The molecule has 0 radical (unpaired) electrons. The first-order chi connectivity index (χ1) is 12.6. The highest BCUT2D eigenvalue weighted by Gasteiger charge is 2.20. The lowest BCUT2D eigenvalue weighted by molar-refractivity contribution is 0.0997. The Kier molecular flexibility index (Phi) is 3.89. The van der Waals surface area contributed by atoms with Crippen molar-refractivity contribution < 1.29 is 4.79 Å². The first-order valence-corrected chi connectivity index (χ1v) is 8.92. The number of thiophene rings is 1. The van der Waals surface area contributed by atoms with E-state index >= 15 is 0 Å². The van der Waals surface area contributed by atoms with Crippen molar-refractivity contribution in [3.63, 3.8) is 0 Å². The first kappa shape index (κ1) is 16.2. The van der Waals surface area contributed by atoms with E-state index in [1.807, 2.05) is 35.7 Å². The number of aromatic amines is 1. The molecule has 3 aromatic heterocycles. The van der Waals surface area contributed by atoms with Crippen LogP contribution >= 0.6 is 11.3 Å². The maximum absolute atomic E-state index is 12.4. The average Bonchev–Trinajstić information content (AvgIpc) is 3.27. The number of nitrogens with zero attached hydrogens (tertiary/aromatic N) is 3. The van der Waals surface area contributed by atoms with Gasteiger partial charge in [-0.15, -0.1) is 11.3 Å². The molecule has 3 heterocycles. The number of carbonyl (C=O) groups is 1. The molecule has 7 nitrogen and oxygen atoms in total. The minimum atomic E-state index is -0.719. The molecule has 0 atom stereocenters. The Morgan fingerprint density at radius 1 is 1.23 bits per heavy atom. The topological polar surface area (TPSA) is 107 Å². The van der Waals surface area contributed by atoms with Gasteiger partial charge in [0, 0.05) is 5.56 Å². The van der Waals surface area contributed by atoms with Gasteiger partial charge in [0.1, 0.15) is 10.5 Å². The molecule has 26 heavy (non-hydrogen) atoms. The zero-order valence-electron chi connectivity index (χ0n) is 13.9. The molecular formula is C18H15N5O2S. The number of fused-ring (bicyclic) bond motifs is 1. The zero-order chi connectivity index (χ0) is 18.3. The number of rotatable bonds is 4. The third-order valence-electron chi connectivity index (χ3n) is 4.12. The Balaban J connectivity index is 2.01. The van der Waals surface area contributed by atoms with E-state index in [1.165, 1.54) is 21.5 Å². The van der Waals surface area contributed by atoms with Crippen molar-refractivity contribution in [1.29, 1.82) is 0 Å². The second kappa shape index (κ2) is 6.23. The molecule has 3 N–H and O–H groups in total. The summed E-state index contributed by atoms with van der Waals surface area (Å²) < 4.78 is 1.43. The Morgan fingerprint density at radius 3 is 2.62 bits per heavy atom. The van der Waals surface area contributed by atoms with Gasteiger partial charge in [-0.25, -0.2) is 19.3 Å². The summed E-state index contributed by atoms with van der Waals surface area (Å²) in [5.74, 6) is -0.373.